The Bertz CT molecular complexity index is 534. The molecule has 6 heteroatoms. The summed E-state index contributed by atoms with van der Waals surface area (Å²) in [5.41, 5.74) is 0. The Hall–Kier alpha value is -1.69. The largest absolute Gasteiger partial charge is 0.363 e. The van der Waals surface area contributed by atoms with Gasteiger partial charge in [0, 0.05) is 32.0 Å². The van der Waals surface area contributed by atoms with E-state index < -0.39 is 0 Å². The van der Waals surface area contributed by atoms with Gasteiger partial charge in [-0.1, -0.05) is 0 Å². The van der Waals surface area contributed by atoms with Gasteiger partial charge in [0.2, 0.25) is 11.9 Å². The number of piperidine rings is 1. The van der Waals surface area contributed by atoms with Crippen molar-refractivity contribution in [3.8, 4) is 0 Å². The molecule has 1 aromatic heterocycles. The van der Waals surface area contributed by atoms with Crippen LogP contribution >= 0.6 is 0 Å². The molecule has 4 rings (SSSR count). The quantitative estimate of drug-likeness (QED) is 0.898. The Morgan fingerprint density at radius 2 is 2.14 bits per heavy atom. The van der Waals surface area contributed by atoms with Gasteiger partial charge in [0.25, 0.3) is 0 Å². The standard InChI is InChI=1S/C16H22N4O2/c21-15(19-9-11-2-3-11)13-8-12-4-7-20(10-14(12)22-13)16-17-5-1-6-18-16/h1,5-6,11-14H,2-4,7-10H2,(H,19,21)/t12-,13+,14-/m0/s1. The van der Waals surface area contributed by atoms with Crippen molar-refractivity contribution in [2.45, 2.75) is 37.9 Å². The number of carbonyl (C=O) groups is 1. The summed E-state index contributed by atoms with van der Waals surface area (Å²) in [4.78, 5) is 23.0. The van der Waals surface area contributed by atoms with E-state index in [9.17, 15) is 4.79 Å². The van der Waals surface area contributed by atoms with Crippen LogP contribution in [0.3, 0.4) is 0 Å². The van der Waals surface area contributed by atoms with Crippen LogP contribution in [0.15, 0.2) is 18.5 Å². The summed E-state index contributed by atoms with van der Waals surface area (Å²) in [5.74, 6) is 2.02. The Kier molecular flexibility index (Phi) is 3.70. The van der Waals surface area contributed by atoms with Gasteiger partial charge >= 0.3 is 0 Å². The molecule has 1 saturated carbocycles. The van der Waals surface area contributed by atoms with Crippen molar-refractivity contribution in [2.24, 2.45) is 11.8 Å². The van der Waals surface area contributed by atoms with Crippen molar-refractivity contribution in [1.82, 2.24) is 15.3 Å². The predicted octanol–water partition coefficient (Wildman–Crippen LogP) is 0.987. The Labute approximate surface area is 130 Å². The van der Waals surface area contributed by atoms with Gasteiger partial charge in [-0.2, -0.15) is 0 Å². The van der Waals surface area contributed by atoms with Crippen molar-refractivity contribution in [2.75, 3.05) is 24.5 Å². The highest BCUT2D eigenvalue weighted by Gasteiger charge is 2.42. The molecule has 2 aliphatic heterocycles. The van der Waals surface area contributed by atoms with Gasteiger partial charge in [0.1, 0.15) is 6.10 Å². The van der Waals surface area contributed by atoms with E-state index in [1.807, 2.05) is 6.07 Å². The molecule has 22 heavy (non-hydrogen) atoms. The zero-order chi connectivity index (χ0) is 14.9. The maximum Gasteiger partial charge on any atom is 0.249 e. The zero-order valence-electron chi connectivity index (χ0n) is 12.6. The summed E-state index contributed by atoms with van der Waals surface area (Å²) < 4.78 is 6.02. The van der Waals surface area contributed by atoms with Gasteiger partial charge < -0.3 is 15.0 Å². The lowest BCUT2D eigenvalue weighted by Crippen LogP contribution is -2.43. The lowest BCUT2D eigenvalue weighted by atomic mass is 9.92. The monoisotopic (exact) mass is 302 g/mol. The van der Waals surface area contributed by atoms with Gasteiger partial charge in [-0.3, -0.25) is 4.79 Å². The molecule has 0 bridgehead atoms. The summed E-state index contributed by atoms with van der Waals surface area (Å²) in [6, 6.07) is 1.82. The molecule has 2 saturated heterocycles. The predicted molar refractivity (Wildman–Crippen MR) is 81.4 cm³/mol. The second-order valence-corrected chi connectivity index (χ2v) is 6.63. The Morgan fingerprint density at radius 1 is 1.32 bits per heavy atom. The summed E-state index contributed by atoms with van der Waals surface area (Å²) in [6.45, 7) is 2.53. The number of rotatable bonds is 4. The summed E-state index contributed by atoms with van der Waals surface area (Å²) in [5, 5.41) is 3.04. The SMILES string of the molecule is O=C(NCC1CC1)[C@H]1C[C@@H]2CCN(c3ncccn3)C[C@@H]2O1. The van der Waals surface area contributed by atoms with Crippen LogP contribution in [-0.4, -0.2) is 47.7 Å². The van der Waals surface area contributed by atoms with Crippen LogP contribution in [0.2, 0.25) is 0 Å². The first-order valence-corrected chi connectivity index (χ1v) is 8.25. The molecule has 1 N–H and O–H groups in total. The van der Waals surface area contributed by atoms with E-state index in [0.29, 0.717) is 11.8 Å². The fourth-order valence-electron chi connectivity index (χ4n) is 3.42. The molecule has 1 amide bonds. The highest BCUT2D eigenvalue weighted by atomic mass is 16.5. The molecule has 3 fully saturated rings. The molecule has 3 atom stereocenters. The molecule has 0 unspecified atom stereocenters. The lowest BCUT2D eigenvalue weighted by Gasteiger charge is -2.33. The number of aromatic nitrogens is 2. The zero-order valence-corrected chi connectivity index (χ0v) is 12.6. The first-order chi connectivity index (χ1) is 10.8. The van der Waals surface area contributed by atoms with Crippen LogP contribution in [0, 0.1) is 11.8 Å². The molecular formula is C16H22N4O2. The molecule has 1 aromatic rings. The normalized spacial score (nSPS) is 30.9. The number of hydrogen-bond acceptors (Lipinski definition) is 5. The second-order valence-electron chi connectivity index (χ2n) is 6.63. The van der Waals surface area contributed by atoms with Crippen molar-refractivity contribution in [3.05, 3.63) is 18.5 Å². The van der Waals surface area contributed by atoms with Gasteiger partial charge in [0.15, 0.2) is 0 Å². The van der Waals surface area contributed by atoms with E-state index in [1.165, 1.54) is 12.8 Å². The minimum atomic E-state index is -0.273. The minimum Gasteiger partial charge on any atom is -0.363 e. The first kappa shape index (κ1) is 13.9. The van der Waals surface area contributed by atoms with Crippen LogP contribution in [0.5, 0.6) is 0 Å². The molecular weight excluding hydrogens is 280 g/mol. The fraction of sp³-hybridized carbons (Fsp3) is 0.688. The number of amides is 1. The minimum absolute atomic E-state index is 0.0730. The van der Waals surface area contributed by atoms with E-state index >= 15 is 0 Å². The number of anilines is 1. The van der Waals surface area contributed by atoms with Crippen molar-refractivity contribution < 1.29 is 9.53 Å². The van der Waals surface area contributed by atoms with Gasteiger partial charge in [0.05, 0.1) is 6.10 Å². The molecule has 6 nitrogen and oxygen atoms in total. The average molecular weight is 302 g/mol. The topological polar surface area (TPSA) is 67.4 Å². The lowest BCUT2D eigenvalue weighted by molar-refractivity contribution is -0.132. The van der Waals surface area contributed by atoms with Crippen LogP contribution < -0.4 is 10.2 Å². The third kappa shape index (κ3) is 2.92. The maximum atomic E-state index is 12.2. The molecule has 3 heterocycles. The van der Waals surface area contributed by atoms with Gasteiger partial charge in [-0.25, -0.2) is 9.97 Å². The Balaban J connectivity index is 1.34. The van der Waals surface area contributed by atoms with Gasteiger partial charge in [-0.15, -0.1) is 0 Å². The van der Waals surface area contributed by atoms with Crippen LogP contribution in [-0.2, 0) is 9.53 Å². The molecule has 1 aliphatic carbocycles. The fourth-order valence-corrected chi connectivity index (χ4v) is 3.42. The van der Waals surface area contributed by atoms with Gasteiger partial charge in [-0.05, 0) is 43.6 Å². The number of ether oxygens (including phenoxy) is 1. The number of nitrogens with zero attached hydrogens (tertiary/aromatic N) is 3. The number of hydrogen-bond donors (Lipinski definition) is 1. The highest BCUT2D eigenvalue weighted by molar-refractivity contribution is 5.81. The number of fused-ring (bicyclic) bond motifs is 1. The van der Waals surface area contributed by atoms with E-state index in [-0.39, 0.29) is 18.1 Å². The number of carbonyl (C=O) groups excluding carboxylic acids is 1. The first-order valence-electron chi connectivity index (χ1n) is 8.25. The highest BCUT2D eigenvalue weighted by Crippen LogP contribution is 2.34. The Morgan fingerprint density at radius 3 is 2.91 bits per heavy atom. The molecule has 118 valence electrons. The average Bonchev–Trinajstić information content (AvgIpc) is 3.29. The molecule has 3 aliphatic rings. The smallest absolute Gasteiger partial charge is 0.249 e. The molecule has 0 radical (unpaired) electrons. The van der Waals surface area contributed by atoms with E-state index in [4.69, 9.17) is 4.74 Å². The molecule has 0 spiro atoms. The van der Waals surface area contributed by atoms with Crippen molar-refractivity contribution >= 4 is 11.9 Å². The maximum absolute atomic E-state index is 12.2. The van der Waals surface area contributed by atoms with Crippen molar-refractivity contribution in [1.29, 1.82) is 0 Å². The van der Waals surface area contributed by atoms with Crippen LogP contribution in [0.1, 0.15) is 25.7 Å². The third-order valence-corrected chi connectivity index (χ3v) is 4.94. The van der Waals surface area contributed by atoms with Crippen LogP contribution in [0.25, 0.3) is 0 Å². The second kappa shape index (κ2) is 5.83. The third-order valence-electron chi connectivity index (χ3n) is 4.94. The summed E-state index contributed by atoms with van der Waals surface area (Å²) >= 11 is 0. The molecule has 0 aromatic carbocycles. The van der Waals surface area contributed by atoms with E-state index in [1.54, 1.807) is 12.4 Å². The summed E-state index contributed by atoms with van der Waals surface area (Å²) in [6.07, 6.45) is 7.77. The summed E-state index contributed by atoms with van der Waals surface area (Å²) in [7, 11) is 0. The van der Waals surface area contributed by atoms with Crippen LogP contribution in [0.4, 0.5) is 5.95 Å². The van der Waals surface area contributed by atoms with Crippen molar-refractivity contribution in [3.63, 3.8) is 0 Å². The van der Waals surface area contributed by atoms with E-state index in [0.717, 1.165) is 38.4 Å². The van der Waals surface area contributed by atoms with E-state index in [2.05, 4.69) is 20.2 Å². The number of nitrogens with one attached hydrogen (secondary N) is 1.